The average molecular weight is 386 g/mol. The summed E-state index contributed by atoms with van der Waals surface area (Å²) in [4.78, 5) is 27.0. The largest absolute Gasteiger partial charge is 0.378 e. The van der Waals surface area contributed by atoms with Gasteiger partial charge in [-0.2, -0.15) is 11.8 Å². The molecule has 0 unspecified atom stereocenters. The lowest BCUT2D eigenvalue weighted by Crippen LogP contribution is -2.46. The van der Waals surface area contributed by atoms with Crippen molar-refractivity contribution in [3.05, 3.63) is 65.7 Å². The molecule has 2 aromatic carbocycles. The predicted molar refractivity (Wildman–Crippen MR) is 113 cm³/mol. The minimum Gasteiger partial charge on any atom is -0.378 e. The van der Waals surface area contributed by atoms with Gasteiger partial charge in [-0.1, -0.05) is 30.3 Å². The number of amides is 2. The Balaban J connectivity index is 1.96. The van der Waals surface area contributed by atoms with Crippen molar-refractivity contribution >= 4 is 29.3 Å². The van der Waals surface area contributed by atoms with Crippen LogP contribution in [0.25, 0.3) is 0 Å². The fourth-order valence-electron chi connectivity index (χ4n) is 2.56. The van der Waals surface area contributed by atoms with Gasteiger partial charge in [-0.25, -0.2) is 0 Å². The zero-order chi connectivity index (χ0) is 19.6. The first-order valence-electron chi connectivity index (χ1n) is 8.90. The van der Waals surface area contributed by atoms with E-state index in [0.29, 0.717) is 18.5 Å². The van der Waals surface area contributed by atoms with Crippen LogP contribution in [-0.2, 0) is 11.3 Å². The van der Waals surface area contributed by atoms with Crippen molar-refractivity contribution in [2.75, 3.05) is 31.0 Å². The lowest BCUT2D eigenvalue weighted by atomic mass is 10.1. The molecule has 27 heavy (non-hydrogen) atoms. The molecule has 0 aromatic heterocycles. The Bertz CT molecular complexity index is 733. The second-order valence-corrected chi connectivity index (χ2v) is 7.44. The monoisotopic (exact) mass is 385 g/mol. The van der Waals surface area contributed by atoms with Gasteiger partial charge in [0.05, 0.1) is 0 Å². The quantitative estimate of drug-likeness (QED) is 0.697. The van der Waals surface area contributed by atoms with Crippen LogP contribution < -0.4 is 15.5 Å². The highest BCUT2D eigenvalue weighted by molar-refractivity contribution is 7.98. The van der Waals surface area contributed by atoms with E-state index in [1.54, 1.807) is 23.9 Å². The highest BCUT2D eigenvalue weighted by Gasteiger charge is 2.20. The fourth-order valence-corrected chi connectivity index (χ4v) is 3.03. The van der Waals surface area contributed by atoms with Crippen molar-refractivity contribution in [1.29, 1.82) is 0 Å². The molecule has 0 bridgehead atoms. The molecule has 0 fully saturated rings. The number of carbonyl (C=O) groups excluding carboxylic acids is 2. The fraction of sp³-hybridized carbons (Fsp3) is 0.333. The second kappa shape index (κ2) is 10.6. The van der Waals surface area contributed by atoms with E-state index in [4.69, 9.17) is 0 Å². The van der Waals surface area contributed by atoms with Crippen LogP contribution in [0.4, 0.5) is 5.69 Å². The highest BCUT2D eigenvalue weighted by atomic mass is 32.2. The molecule has 2 amide bonds. The first-order valence-corrected chi connectivity index (χ1v) is 10.3. The third kappa shape index (κ3) is 6.64. The summed E-state index contributed by atoms with van der Waals surface area (Å²) in [5.74, 6) is 0.405. The molecule has 0 spiro atoms. The van der Waals surface area contributed by atoms with E-state index in [1.165, 1.54) is 0 Å². The van der Waals surface area contributed by atoms with E-state index in [9.17, 15) is 9.59 Å². The van der Waals surface area contributed by atoms with Crippen LogP contribution in [0.2, 0.25) is 0 Å². The Hall–Kier alpha value is -2.47. The first-order chi connectivity index (χ1) is 13.0. The molecule has 144 valence electrons. The van der Waals surface area contributed by atoms with Gasteiger partial charge in [0.15, 0.2) is 0 Å². The van der Waals surface area contributed by atoms with Gasteiger partial charge in [0.25, 0.3) is 5.91 Å². The van der Waals surface area contributed by atoms with Gasteiger partial charge in [0.2, 0.25) is 5.91 Å². The number of hydrogen-bond donors (Lipinski definition) is 2. The smallest absolute Gasteiger partial charge is 0.251 e. The maximum atomic E-state index is 12.6. The molecule has 0 heterocycles. The molecule has 0 radical (unpaired) electrons. The maximum absolute atomic E-state index is 12.6. The Morgan fingerprint density at radius 2 is 1.70 bits per heavy atom. The summed E-state index contributed by atoms with van der Waals surface area (Å²) in [7, 11) is 3.98. The van der Waals surface area contributed by atoms with Crippen LogP contribution in [0, 0.1) is 0 Å². The zero-order valence-corrected chi connectivity index (χ0v) is 16.9. The molecule has 0 aliphatic rings. The summed E-state index contributed by atoms with van der Waals surface area (Å²) in [5.41, 5.74) is 2.68. The number of hydrogen-bond acceptors (Lipinski definition) is 4. The van der Waals surface area contributed by atoms with Crippen LogP contribution in [0.3, 0.4) is 0 Å². The van der Waals surface area contributed by atoms with Crippen LogP contribution in [0.15, 0.2) is 54.6 Å². The normalized spacial score (nSPS) is 11.5. The van der Waals surface area contributed by atoms with Gasteiger partial charge >= 0.3 is 0 Å². The Morgan fingerprint density at radius 3 is 2.30 bits per heavy atom. The maximum Gasteiger partial charge on any atom is 0.251 e. The molecule has 0 saturated carbocycles. The molecule has 0 aliphatic carbocycles. The summed E-state index contributed by atoms with van der Waals surface area (Å²) in [6.07, 6.45) is 2.57. The number of nitrogens with zero attached hydrogens (tertiary/aromatic N) is 1. The van der Waals surface area contributed by atoms with Crippen molar-refractivity contribution in [2.24, 2.45) is 0 Å². The lowest BCUT2D eigenvalue weighted by Gasteiger charge is -2.18. The topological polar surface area (TPSA) is 61.4 Å². The summed E-state index contributed by atoms with van der Waals surface area (Å²) in [6, 6.07) is 16.4. The number of anilines is 1. The third-order valence-corrected chi connectivity index (χ3v) is 4.83. The van der Waals surface area contributed by atoms with Gasteiger partial charge in [0, 0.05) is 31.9 Å². The molecule has 6 heteroatoms. The van der Waals surface area contributed by atoms with E-state index in [1.807, 2.05) is 67.7 Å². The SMILES string of the molecule is CSCC[C@@H](NC(=O)c1ccccc1)C(=O)NCc1ccc(N(C)C)cc1. The standard InChI is InChI=1S/C21H27N3O2S/c1-24(2)18-11-9-16(10-12-18)15-22-21(26)19(13-14-27-3)23-20(25)17-7-5-4-6-8-17/h4-12,19H,13-15H2,1-3H3,(H,22,26)(H,23,25)/t19-/m1/s1. The molecular weight excluding hydrogens is 358 g/mol. The lowest BCUT2D eigenvalue weighted by molar-refractivity contribution is -0.123. The van der Waals surface area contributed by atoms with Crippen LogP contribution in [0.5, 0.6) is 0 Å². The Labute approximate surface area is 165 Å². The Morgan fingerprint density at radius 1 is 1.04 bits per heavy atom. The van der Waals surface area contributed by atoms with E-state index in [-0.39, 0.29) is 11.8 Å². The van der Waals surface area contributed by atoms with E-state index < -0.39 is 6.04 Å². The molecule has 2 N–H and O–H groups in total. The number of carbonyl (C=O) groups is 2. The summed E-state index contributed by atoms with van der Waals surface area (Å²) < 4.78 is 0. The van der Waals surface area contributed by atoms with Crippen molar-refractivity contribution in [3.63, 3.8) is 0 Å². The molecule has 5 nitrogen and oxygen atoms in total. The van der Waals surface area contributed by atoms with Gasteiger partial charge < -0.3 is 15.5 Å². The van der Waals surface area contributed by atoms with E-state index >= 15 is 0 Å². The number of rotatable bonds is 9. The number of benzene rings is 2. The van der Waals surface area contributed by atoms with E-state index in [0.717, 1.165) is 17.0 Å². The predicted octanol–water partition coefficient (Wildman–Crippen LogP) is 2.92. The highest BCUT2D eigenvalue weighted by Crippen LogP contribution is 2.12. The molecule has 0 saturated heterocycles. The van der Waals surface area contributed by atoms with Gasteiger partial charge in [-0.05, 0) is 48.3 Å². The summed E-state index contributed by atoms with van der Waals surface area (Å²) in [6.45, 7) is 0.434. The van der Waals surface area contributed by atoms with Crippen molar-refractivity contribution in [2.45, 2.75) is 19.0 Å². The van der Waals surface area contributed by atoms with Crippen molar-refractivity contribution in [3.8, 4) is 0 Å². The summed E-state index contributed by atoms with van der Waals surface area (Å²) >= 11 is 1.65. The van der Waals surface area contributed by atoms with Gasteiger partial charge in [-0.15, -0.1) is 0 Å². The third-order valence-electron chi connectivity index (χ3n) is 4.19. The van der Waals surface area contributed by atoms with Crippen molar-refractivity contribution < 1.29 is 9.59 Å². The molecule has 0 aliphatic heterocycles. The molecule has 1 atom stereocenters. The van der Waals surface area contributed by atoms with Gasteiger partial charge in [-0.3, -0.25) is 9.59 Å². The van der Waals surface area contributed by atoms with E-state index in [2.05, 4.69) is 10.6 Å². The average Bonchev–Trinajstić information content (AvgIpc) is 2.70. The number of thioether (sulfide) groups is 1. The number of nitrogens with one attached hydrogen (secondary N) is 2. The molecule has 2 rings (SSSR count). The molecular formula is C21H27N3O2S. The minimum absolute atomic E-state index is 0.162. The first kappa shape index (κ1) is 20.8. The van der Waals surface area contributed by atoms with Crippen LogP contribution in [-0.4, -0.2) is 44.0 Å². The van der Waals surface area contributed by atoms with Crippen LogP contribution >= 0.6 is 11.8 Å². The minimum atomic E-state index is -0.550. The molecule has 2 aromatic rings. The van der Waals surface area contributed by atoms with Crippen LogP contribution in [0.1, 0.15) is 22.3 Å². The van der Waals surface area contributed by atoms with Gasteiger partial charge in [0.1, 0.15) is 6.04 Å². The zero-order valence-electron chi connectivity index (χ0n) is 16.1. The van der Waals surface area contributed by atoms with Crippen molar-refractivity contribution in [1.82, 2.24) is 10.6 Å². The Kier molecular flexibility index (Phi) is 8.20. The second-order valence-electron chi connectivity index (χ2n) is 6.45. The summed E-state index contributed by atoms with van der Waals surface area (Å²) in [5, 5.41) is 5.79.